The van der Waals surface area contributed by atoms with Gasteiger partial charge in [-0.2, -0.15) is 0 Å². The first-order valence-corrected chi connectivity index (χ1v) is 7.31. The van der Waals surface area contributed by atoms with Crippen LogP contribution in [0.5, 0.6) is 0 Å². The number of esters is 1. The van der Waals surface area contributed by atoms with E-state index in [4.69, 9.17) is 4.74 Å². The van der Waals surface area contributed by atoms with Crippen molar-refractivity contribution < 1.29 is 19.1 Å². The normalized spacial score (nSPS) is 12.8. The number of nitrogens with zero attached hydrogens (tertiary/aromatic N) is 1. The number of carbonyl (C=O) groups excluding carboxylic acids is 3. The molecule has 118 valence electrons. The number of ketones is 1. The first kappa shape index (κ1) is 15.0. The van der Waals surface area contributed by atoms with Crippen LogP contribution in [0.2, 0.25) is 0 Å². The average Bonchev–Trinajstić information content (AvgIpc) is 3.20. The molecule has 2 heterocycles. The Labute approximate surface area is 133 Å². The second kappa shape index (κ2) is 6.08. The molecule has 2 aromatic rings. The number of Topliss-reactive ketones (excluding diaryl/α,β-unsaturated/α-hetero) is 1. The van der Waals surface area contributed by atoms with Crippen molar-refractivity contribution in [2.45, 2.75) is 13.3 Å². The van der Waals surface area contributed by atoms with Crippen LogP contribution in [-0.2, 0) is 16.0 Å². The van der Waals surface area contributed by atoms with Crippen LogP contribution in [0.25, 0.3) is 0 Å². The van der Waals surface area contributed by atoms with Crippen LogP contribution in [0, 0.1) is 0 Å². The Morgan fingerprint density at radius 1 is 1.26 bits per heavy atom. The molecule has 6 heteroatoms. The van der Waals surface area contributed by atoms with Gasteiger partial charge in [0.05, 0.1) is 11.3 Å². The molecule has 1 aromatic heterocycles. The molecule has 1 aromatic carbocycles. The molecule has 0 bridgehead atoms. The quantitative estimate of drug-likeness (QED) is 0.691. The highest BCUT2D eigenvalue weighted by Gasteiger charge is 2.23. The van der Waals surface area contributed by atoms with Crippen molar-refractivity contribution in [1.29, 1.82) is 0 Å². The van der Waals surface area contributed by atoms with Crippen molar-refractivity contribution in [2.75, 3.05) is 18.1 Å². The number of hydrogen-bond donors (Lipinski definition) is 1. The van der Waals surface area contributed by atoms with Gasteiger partial charge < -0.3 is 14.6 Å². The number of carbonyl (C=O) groups is 3. The van der Waals surface area contributed by atoms with Crippen LogP contribution >= 0.6 is 0 Å². The molecule has 1 aliphatic rings. The van der Waals surface area contributed by atoms with Crippen LogP contribution in [0.4, 0.5) is 5.69 Å². The standard InChI is InChI=1S/C17H16N2O4/c1-11(20)19-8-6-12-9-13(4-5-15(12)19)17(22)23-10-16(21)14-3-2-7-18-14/h2-5,7,9,18H,6,8,10H2,1H3. The monoisotopic (exact) mass is 312 g/mol. The maximum Gasteiger partial charge on any atom is 0.338 e. The van der Waals surface area contributed by atoms with Gasteiger partial charge in [-0.25, -0.2) is 4.79 Å². The maximum absolute atomic E-state index is 12.1. The van der Waals surface area contributed by atoms with Crippen molar-refractivity contribution in [2.24, 2.45) is 0 Å². The van der Waals surface area contributed by atoms with Gasteiger partial charge in [-0.05, 0) is 42.3 Å². The molecule has 0 fully saturated rings. The number of rotatable bonds is 4. The molecule has 23 heavy (non-hydrogen) atoms. The van der Waals surface area contributed by atoms with Gasteiger partial charge in [0, 0.05) is 25.4 Å². The van der Waals surface area contributed by atoms with E-state index in [-0.39, 0.29) is 18.3 Å². The van der Waals surface area contributed by atoms with E-state index in [1.807, 2.05) is 0 Å². The number of aromatic amines is 1. The van der Waals surface area contributed by atoms with Crippen LogP contribution in [0.1, 0.15) is 33.3 Å². The summed E-state index contributed by atoms with van der Waals surface area (Å²) in [5.41, 5.74) is 2.55. The number of aromatic nitrogens is 1. The Morgan fingerprint density at radius 3 is 2.78 bits per heavy atom. The van der Waals surface area contributed by atoms with E-state index in [0.29, 0.717) is 24.2 Å². The van der Waals surface area contributed by atoms with Crippen molar-refractivity contribution >= 4 is 23.3 Å². The number of fused-ring (bicyclic) bond motifs is 1. The van der Waals surface area contributed by atoms with Crippen molar-refractivity contribution in [3.05, 3.63) is 53.3 Å². The minimum Gasteiger partial charge on any atom is -0.454 e. The van der Waals surface area contributed by atoms with Crippen LogP contribution in [-0.4, -0.2) is 35.8 Å². The van der Waals surface area contributed by atoms with Gasteiger partial charge >= 0.3 is 5.97 Å². The molecular weight excluding hydrogens is 296 g/mol. The van der Waals surface area contributed by atoms with Gasteiger partial charge in [0.25, 0.3) is 0 Å². The number of H-pyrrole nitrogens is 1. The van der Waals surface area contributed by atoms with Gasteiger partial charge in [0.1, 0.15) is 0 Å². The number of hydrogen-bond acceptors (Lipinski definition) is 4. The van der Waals surface area contributed by atoms with E-state index >= 15 is 0 Å². The third kappa shape index (κ3) is 3.01. The lowest BCUT2D eigenvalue weighted by atomic mass is 10.1. The SMILES string of the molecule is CC(=O)N1CCc2cc(C(=O)OCC(=O)c3ccc[nH]3)ccc21. The zero-order valence-electron chi connectivity index (χ0n) is 12.7. The Hall–Kier alpha value is -2.89. The lowest BCUT2D eigenvalue weighted by molar-refractivity contribution is -0.116. The minimum atomic E-state index is -0.547. The molecule has 3 rings (SSSR count). The predicted molar refractivity (Wildman–Crippen MR) is 83.6 cm³/mol. The number of anilines is 1. The fraction of sp³-hybridized carbons (Fsp3) is 0.235. The zero-order valence-corrected chi connectivity index (χ0v) is 12.7. The molecule has 0 aliphatic carbocycles. The highest BCUT2D eigenvalue weighted by Crippen LogP contribution is 2.29. The number of benzene rings is 1. The Balaban J connectivity index is 1.67. The van der Waals surface area contributed by atoms with Gasteiger partial charge in [0.2, 0.25) is 11.7 Å². The fourth-order valence-electron chi connectivity index (χ4n) is 2.65. The first-order chi connectivity index (χ1) is 11.1. The molecular formula is C17H16N2O4. The van der Waals surface area contributed by atoms with Crippen molar-refractivity contribution in [1.82, 2.24) is 4.98 Å². The Kier molecular flexibility index (Phi) is 3.97. The molecule has 6 nitrogen and oxygen atoms in total. The zero-order chi connectivity index (χ0) is 16.4. The molecule has 0 radical (unpaired) electrons. The largest absolute Gasteiger partial charge is 0.454 e. The number of ether oxygens (including phenoxy) is 1. The molecule has 0 atom stereocenters. The van der Waals surface area contributed by atoms with Crippen molar-refractivity contribution in [3.8, 4) is 0 Å². The second-order valence-corrected chi connectivity index (χ2v) is 5.35. The molecule has 0 spiro atoms. The first-order valence-electron chi connectivity index (χ1n) is 7.31. The summed E-state index contributed by atoms with van der Waals surface area (Å²) in [6, 6.07) is 8.41. The van der Waals surface area contributed by atoms with E-state index in [9.17, 15) is 14.4 Å². The van der Waals surface area contributed by atoms with Gasteiger partial charge in [-0.3, -0.25) is 9.59 Å². The van der Waals surface area contributed by atoms with E-state index in [2.05, 4.69) is 4.98 Å². The highest BCUT2D eigenvalue weighted by atomic mass is 16.5. The maximum atomic E-state index is 12.1. The summed E-state index contributed by atoms with van der Waals surface area (Å²) in [4.78, 5) is 39.8. The van der Waals surface area contributed by atoms with E-state index in [0.717, 1.165) is 11.3 Å². The molecule has 1 aliphatic heterocycles. The highest BCUT2D eigenvalue weighted by molar-refractivity contribution is 5.99. The number of nitrogens with one attached hydrogen (secondary N) is 1. The lowest BCUT2D eigenvalue weighted by Gasteiger charge is -2.14. The summed E-state index contributed by atoms with van der Waals surface area (Å²) in [7, 11) is 0. The Morgan fingerprint density at radius 2 is 2.09 bits per heavy atom. The summed E-state index contributed by atoms with van der Waals surface area (Å²) in [6.45, 7) is 1.83. The lowest BCUT2D eigenvalue weighted by Crippen LogP contribution is -2.25. The third-order valence-corrected chi connectivity index (χ3v) is 3.82. The van der Waals surface area contributed by atoms with Gasteiger partial charge in [-0.1, -0.05) is 0 Å². The van der Waals surface area contributed by atoms with Gasteiger partial charge in [-0.15, -0.1) is 0 Å². The van der Waals surface area contributed by atoms with E-state index < -0.39 is 5.97 Å². The fourth-order valence-corrected chi connectivity index (χ4v) is 2.65. The molecule has 0 saturated heterocycles. The molecule has 0 unspecified atom stereocenters. The average molecular weight is 312 g/mol. The summed E-state index contributed by atoms with van der Waals surface area (Å²) < 4.78 is 5.06. The molecule has 1 N–H and O–H groups in total. The summed E-state index contributed by atoms with van der Waals surface area (Å²) in [5, 5.41) is 0. The van der Waals surface area contributed by atoms with Crippen molar-refractivity contribution in [3.63, 3.8) is 0 Å². The summed E-state index contributed by atoms with van der Waals surface area (Å²) >= 11 is 0. The van der Waals surface area contributed by atoms with Crippen LogP contribution in [0.15, 0.2) is 36.5 Å². The molecule has 1 amide bonds. The van der Waals surface area contributed by atoms with Gasteiger partial charge in [0.15, 0.2) is 6.61 Å². The van der Waals surface area contributed by atoms with E-state index in [1.165, 1.54) is 6.92 Å². The number of amides is 1. The molecule has 0 saturated carbocycles. The Bertz CT molecular complexity index is 765. The van der Waals surface area contributed by atoms with Crippen LogP contribution < -0.4 is 4.90 Å². The summed E-state index contributed by atoms with van der Waals surface area (Å²) in [6.07, 6.45) is 2.34. The summed E-state index contributed by atoms with van der Waals surface area (Å²) in [5.74, 6) is -0.850. The van der Waals surface area contributed by atoms with Crippen LogP contribution in [0.3, 0.4) is 0 Å². The second-order valence-electron chi connectivity index (χ2n) is 5.35. The third-order valence-electron chi connectivity index (χ3n) is 3.82. The predicted octanol–water partition coefficient (Wildman–Crippen LogP) is 1.96. The van der Waals surface area contributed by atoms with E-state index in [1.54, 1.807) is 41.4 Å². The smallest absolute Gasteiger partial charge is 0.338 e. The minimum absolute atomic E-state index is 0.0179. The topological polar surface area (TPSA) is 79.5 Å².